The van der Waals surface area contributed by atoms with Crippen molar-refractivity contribution in [2.75, 3.05) is 0 Å². The molecule has 0 radical (unpaired) electrons. The van der Waals surface area contributed by atoms with Gasteiger partial charge in [0.25, 0.3) is 0 Å². The molecule has 0 bridgehead atoms. The van der Waals surface area contributed by atoms with Crippen molar-refractivity contribution >= 4 is 27.5 Å². The lowest BCUT2D eigenvalue weighted by Crippen LogP contribution is -2.02. The van der Waals surface area contributed by atoms with Crippen molar-refractivity contribution in [2.45, 2.75) is 25.9 Å². The highest BCUT2D eigenvalue weighted by Gasteiger charge is 2.04. The van der Waals surface area contributed by atoms with Crippen LogP contribution in [0.25, 0.3) is 0 Å². The summed E-state index contributed by atoms with van der Waals surface area (Å²) < 4.78 is 0.914. The van der Waals surface area contributed by atoms with Gasteiger partial charge in [0.05, 0.1) is 6.10 Å². The van der Waals surface area contributed by atoms with E-state index < -0.39 is 0 Å². The lowest BCUT2D eigenvalue weighted by Gasteiger charge is -2.05. The molecule has 0 aromatic carbocycles. The fourth-order valence-corrected chi connectivity index (χ4v) is 1.58. The van der Waals surface area contributed by atoms with Crippen LogP contribution >= 0.6 is 27.5 Å². The van der Waals surface area contributed by atoms with Crippen LogP contribution in [0.3, 0.4) is 0 Å². The average molecular weight is 265 g/mol. The summed E-state index contributed by atoms with van der Waals surface area (Å²) in [4.78, 5) is 3.99. The molecule has 0 aliphatic heterocycles. The molecular weight excluding hydrogens is 253 g/mol. The third-order valence-electron chi connectivity index (χ3n) is 1.71. The summed E-state index contributed by atoms with van der Waals surface area (Å²) in [6.07, 6.45) is 2.82. The second kappa shape index (κ2) is 4.94. The smallest absolute Gasteiger partial charge is 0.132 e. The first-order valence-electron chi connectivity index (χ1n) is 4.07. The van der Waals surface area contributed by atoms with Crippen LogP contribution in [0.15, 0.2) is 16.7 Å². The van der Waals surface area contributed by atoms with Crippen LogP contribution in [0.1, 0.15) is 18.9 Å². The predicted octanol–water partition coefficient (Wildman–Crippen LogP) is 2.81. The number of hydrogen-bond donors (Lipinski definition) is 1. The van der Waals surface area contributed by atoms with Crippen LogP contribution in [0, 0.1) is 0 Å². The highest BCUT2D eigenvalue weighted by molar-refractivity contribution is 9.10. The molecule has 2 nitrogen and oxygen atoms in total. The Hall–Kier alpha value is -0.120. The number of aromatic nitrogens is 1. The maximum atomic E-state index is 9.10. The topological polar surface area (TPSA) is 33.1 Å². The van der Waals surface area contributed by atoms with Gasteiger partial charge < -0.3 is 5.11 Å². The first-order chi connectivity index (χ1) is 6.09. The van der Waals surface area contributed by atoms with Gasteiger partial charge in [-0.15, -0.1) is 0 Å². The van der Waals surface area contributed by atoms with Crippen LogP contribution in [-0.2, 0) is 6.42 Å². The minimum absolute atomic E-state index is 0.296. The molecule has 1 N–H and O–H groups in total. The van der Waals surface area contributed by atoms with E-state index in [1.165, 1.54) is 0 Å². The van der Waals surface area contributed by atoms with Crippen molar-refractivity contribution in [3.8, 4) is 0 Å². The Morgan fingerprint density at radius 1 is 1.69 bits per heavy atom. The van der Waals surface area contributed by atoms with Gasteiger partial charge in [-0.2, -0.15) is 0 Å². The highest BCUT2D eigenvalue weighted by atomic mass is 79.9. The van der Waals surface area contributed by atoms with Gasteiger partial charge in [0.1, 0.15) is 5.15 Å². The Morgan fingerprint density at radius 2 is 2.38 bits per heavy atom. The number of rotatable bonds is 3. The molecule has 1 heterocycles. The second-order valence-electron chi connectivity index (χ2n) is 2.99. The number of aryl methyl sites for hydroxylation is 1. The summed E-state index contributed by atoms with van der Waals surface area (Å²) in [5.41, 5.74) is 0.969. The number of pyridine rings is 1. The Kier molecular flexibility index (Phi) is 4.16. The van der Waals surface area contributed by atoms with Gasteiger partial charge in [0, 0.05) is 10.7 Å². The zero-order valence-electron chi connectivity index (χ0n) is 7.30. The van der Waals surface area contributed by atoms with Crippen molar-refractivity contribution < 1.29 is 5.11 Å². The fourth-order valence-electron chi connectivity index (χ4n) is 1.00. The lowest BCUT2D eigenvalue weighted by atomic mass is 10.1. The monoisotopic (exact) mass is 263 g/mol. The van der Waals surface area contributed by atoms with Crippen LogP contribution < -0.4 is 0 Å². The first kappa shape index (κ1) is 11.0. The molecule has 0 saturated heterocycles. The molecule has 13 heavy (non-hydrogen) atoms. The first-order valence-corrected chi connectivity index (χ1v) is 5.24. The normalized spacial score (nSPS) is 12.9. The Morgan fingerprint density at radius 3 is 3.00 bits per heavy atom. The van der Waals surface area contributed by atoms with Gasteiger partial charge in [0.15, 0.2) is 0 Å². The molecule has 1 unspecified atom stereocenters. The maximum Gasteiger partial charge on any atom is 0.132 e. The number of aliphatic hydroxyl groups is 1. The molecule has 0 spiro atoms. The zero-order valence-corrected chi connectivity index (χ0v) is 9.64. The van der Waals surface area contributed by atoms with Gasteiger partial charge in [-0.05, 0) is 47.3 Å². The molecule has 72 valence electrons. The molecule has 1 atom stereocenters. The molecule has 1 aromatic rings. The average Bonchev–Trinajstić information content (AvgIpc) is 2.06. The summed E-state index contributed by atoms with van der Waals surface area (Å²) >= 11 is 9.19. The molecule has 1 rings (SSSR count). The van der Waals surface area contributed by atoms with Crippen LogP contribution in [0.2, 0.25) is 5.15 Å². The van der Waals surface area contributed by atoms with Gasteiger partial charge in [-0.25, -0.2) is 4.98 Å². The van der Waals surface area contributed by atoms with E-state index in [9.17, 15) is 0 Å². The lowest BCUT2D eigenvalue weighted by molar-refractivity contribution is 0.185. The van der Waals surface area contributed by atoms with Gasteiger partial charge in [0.2, 0.25) is 0 Å². The standard InChI is InChI=1S/C9H11BrClNO/c1-6(13)2-3-7-4-8(10)5-12-9(7)11/h4-6,13H,2-3H2,1H3. The third kappa shape index (κ3) is 3.63. The minimum Gasteiger partial charge on any atom is -0.393 e. The number of nitrogens with zero attached hydrogens (tertiary/aromatic N) is 1. The summed E-state index contributed by atoms with van der Waals surface area (Å²) in [5.74, 6) is 0. The van der Waals surface area contributed by atoms with Crippen molar-refractivity contribution in [3.05, 3.63) is 27.5 Å². The van der Waals surface area contributed by atoms with Gasteiger partial charge >= 0.3 is 0 Å². The molecule has 4 heteroatoms. The molecule has 0 aliphatic rings. The largest absolute Gasteiger partial charge is 0.393 e. The Bertz CT molecular complexity index is 291. The van der Waals surface area contributed by atoms with Crippen molar-refractivity contribution in [2.24, 2.45) is 0 Å². The van der Waals surface area contributed by atoms with Crippen LogP contribution in [0.5, 0.6) is 0 Å². The van der Waals surface area contributed by atoms with E-state index in [0.717, 1.165) is 16.5 Å². The molecule has 1 aromatic heterocycles. The fraction of sp³-hybridized carbons (Fsp3) is 0.444. The maximum absolute atomic E-state index is 9.10. The molecule has 0 aliphatic carbocycles. The number of halogens is 2. The SMILES string of the molecule is CC(O)CCc1cc(Br)cnc1Cl. The van der Waals surface area contributed by atoms with Crippen molar-refractivity contribution in [1.82, 2.24) is 4.98 Å². The number of aliphatic hydroxyl groups excluding tert-OH is 1. The number of hydrogen-bond acceptors (Lipinski definition) is 2. The molecule has 0 amide bonds. The quantitative estimate of drug-likeness (QED) is 0.852. The highest BCUT2D eigenvalue weighted by Crippen LogP contribution is 2.19. The van der Waals surface area contributed by atoms with E-state index in [0.29, 0.717) is 11.6 Å². The van der Waals surface area contributed by atoms with E-state index in [4.69, 9.17) is 16.7 Å². The third-order valence-corrected chi connectivity index (χ3v) is 2.48. The van der Waals surface area contributed by atoms with E-state index in [1.807, 2.05) is 6.07 Å². The Balaban J connectivity index is 2.70. The summed E-state index contributed by atoms with van der Waals surface area (Å²) in [7, 11) is 0. The van der Waals surface area contributed by atoms with Crippen molar-refractivity contribution in [3.63, 3.8) is 0 Å². The molecule has 0 fully saturated rings. The predicted molar refractivity (Wildman–Crippen MR) is 56.9 cm³/mol. The second-order valence-corrected chi connectivity index (χ2v) is 4.26. The molecule has 0 saturated carbocycles. The van der Waals surface area contributed by atoms with Crippen molar-refractivity contribution in [1.29, 1.82) is 0 Å². The van der Waals surface area contributed by atoms with E-state index >= 15 is 0 Å². The van der Waals surface area contributed by atoms with Gasteiger partial charge in [-0.3, -0.25) is 0 Å². The summed E-state index contributed by atoms with van der Waals surface area (Å²) in [6, 6.07) is 1.93. The summed E-state index contributed by atoms with van der Waals surface area (Å²) in [5, 5.41) is 9.62. The van der Waals surface area contributed by atoms with E-state index in [-0.39, 0.29) is 6.10 Å². The summed E-state index contributed by atoms with van der Waals surface area (Å²) in [6.45, 7) is 1.76. The van der Waals surface area contributed by atoms with Crippen LogP contribution in [0.4, 0.5) is 0 Å². The van der Waals surface area contributed by atoms with E-state index in [1.54, 1.807) is 13.1 Å². The molecular formula is C9H11BrClNO. The van der Waals surface area contributed by atoms with Gasteiger partial charge in [-0.1, -0.05) is 11.6 Å². The Labute approximate surface area is 91.1 Å². The zero-order chi connectivity index (χ0) is 9.84. The van der Waals surface area contributed by atoms with Crippen LogP contribution in [-0.4, -0.2) is 16.2 Å². The minimum atomic E-state index is -0.296. The van der Waals surface area contributed by atoms with E-state index in [2.05, 4.69) is 20.9 Å².